The summed E-state index contributed by atoms with van der Waals surface area (Å²) in [7, 11) is 0. The van der Waals surface area contributed by atoms with Crippen molar-refractivity contribution in [2.45, 2.75) is 106 Å². The van der Waals surface area contributed by atoms with Gasteiger partial charge in [0.1, 0.15) is 22.6 Å². The van der Waals surface area contributed by atoms with Crippen molar-refractivity contribution in [3.63, 3.8) is 0 Å². The Labute approximate surface area is 268 Å². The zero-order chi connectivity index (χ0) is 31.2. The molecule has 0 N–H and O–H groups in total. The molecule has 0 amide bonds. The van der Waals surface area contributed by atoms with E-state index in [4.69, 9.17) is 46.9 Å². The number of Topliss-reactive ketones (excluding diaryl/α,β-unsaturated/α-hetero) is 1. The molecule has 3 heterocycles. The molecule has 0 unspecified atom stereocenters. The van der Waals surface area contributed by atoms with Gasteiger partial charge in [0.25, 0.3) is 0 Å². The summed E-state index contributed by atoms with van der Waals surface area (Å²) in [6, 6.07) is 3.84. The summed E-state index contributed by atoms with van der Waals surface area (Å²) >= 11 is 17.1. The first-order chi connectivity index (χ1) is 20.2. The molecular formula is C31H35BrCl2O9. The van der Waals surface area contributed by atoms with Crippen molar-refractivity contribution in [1.29, 1.82) is 0 Å². The van der Waals surface area contributed by atoms with E-state index in [1.807, 2.05) is 26.0 Å². The van der Waals surface area contributed by atoms with Crippen molar-refractivity contribution in [1.82, 2.24) is 0 Å². The number of esters is 3. The topological polar surface area (TPSA) is 114 Å². The van der Waals surface area contributed by atoms with Crippen LogP contribution in [0.4, 0.5) is 0 Å². The molecule has 5 aliphatic rings. The minimum absolute atomic E-state index is 0.0252. The van der Waals surface area contributed by atoms with Gasteiger partial charge in [0.05, 0.1) is 29.4 Å². The molecule has 9 nitrogen and oxygen atoms in total. The summed E-state index contributed by atoms with van der Waals surface area (Å²) in [5, 5.41) is 0. The summed E-state index contributed by atoms with van der Waals surface area (Å²) in [4.78, 5) is 49.9. The predicted molar refractivity (Wildman–Crippen MR) is 158 cm³/mol. The lowest BCUT2D eigenvalue weighted by atomic mass is 9.54. The van der Waals surface area contributed by atoms with E-state index in [-0.39, 0.29) is 41.1 Å². The summed E-state index contributed by atoms with van der Waals surface area (Å²) in [5.74, 6) is -3.13. The van der Waals surface area contributed by atoms with Gasteiger partial charge >= 0.3 is 17.9 Å². The number of alkyl halides is 3. The summed E-state index contributed by atoms with van der Waals surface area (Å²) in [6.07, 6.45) is -1.38. The molecule has 1 spiro atoms. The molecule has 12 heteroatoms. The van der Waals surface area contributed by atoms with Crippen LogP contribution in [-0.4, -0.2) is 70.2 Å². The fraction of sp³-hybridized carbons (Fsp3) is 0.677. The first kappa shape index (κ1) is 31.3. The van der Waals surface area contributed by atoms with E-state index in [0.29, 0.717) is 36.0 Å². The van der Waals surface area contributed by atoms with Gasteiger partial charge in [-0.05, 0) is 42.4 Å². The Bertz CT molecular complexity index is 1380. The third kappa shape index (κ3) is 4.60. The Hall–Kier alpha value is -1.72. The number of hydrogen-bond donors (Lipinski definition) is 0. The number of cyclic esters (lactones) is 1. The van der Waals surface area contributed by atoms with Crippen LogP contribution in [0.25, 0.3) is 0 Å². The molecule has 4 fully saturated rings. The van der Waals surface area contributed by atoms with Crippen LogP contribution in [0.2, 0.25) is 0 Å². The standard InChI is InChI=1S/C31H35BrCl2O9/c1-12-8-20(42-28(12)38)26(40-14(3)35)23(27(33)34)17-6-7-18-19-9-21(32)31-29(41-15(4)36)39-11-16(43-31)10-30(31,5)24(19)25(37)22(18)13(17)2/h6-7,12,16,19-21,23-24,26-27,29H,8-11H2,1-5H3/t12-,16-,19+,20-,21+,23-,24-,26-,29+,30-,31-/m1/s1. The van der Waals surface area contributed by atoms with Crippen LogP contribution in [-0.2, 0) is 38.1 Å². The normalized spacial score (nSPS) is 39.0. The van der Waals surface area contributed by atoms with Gasteiger partial charge in [0.2, 0.25) is 6.29 Å². The number of carbonyl (C=O) groups is 4. The largest absolute Gasteiger partial charge is 0.458 e. The molecule has 1 aromatic carbocycles. The summed E-state index contributed by atoms with van der Waals surface area (Å²) in [5.41, 5.74) is 1.12. The molecule has 234 valence electrons. The number of fused-ring (bicyclic) bond motifs is 5. The monoisotopic (exact) mass is 700 g/mol. The number of ether oxygens (including phenoxy) is 5. The molecule has 43 heavy (non-hydrogen) atoms. The number of hydrogen-bond acceptors (Lipinski definition) is 9. The predicted octanol–water partition coefficient (Wildman–Crippen LogP) is 5.28. The number of rotatable bonds is 6. The second-order valence-corrected chi connectivity index (χ2v) is 15.1. The quantitative estimate of drug-likeness (QED) is 0.222. The third-order valence-corrected chi connectivity index (χ3v) is 12.0. The van der Waals surface area contributed by atoms with Gasteiger partial charge in [-0.25, -0.2) is 0 Å². The van der Waals surface area contributed by atoms with Crippen LogP contribution in [0.5, 0.6) is 0 Å². The van der Waals surface area contributed by atoms with Gasteiger partial charge in [-0.1, -0.05) is 41.9 Å². The maximum absolute atomic E-state index is 14.6. The van der Waals surface area contributed by atoms with Gasteiger partial charge in [0, 0.05) is 37.2 Å². The minimum Gasteiger partial charge on any atom is -0.458 e. The maximum atomic E-state index is 14.6. The average molecular weight is 702 g/mol. The van der Waals surface area contributed by atoms with Crippen molar-refractivity contribution in [2.24, 2.45) is 17.3 Å². The molecule has 11 atom stereocenters. The average Bonchev–Trinajstić information content (AvgIpc) is 3.49. The highest BCUT2D eigenvalue weighted by atomic mass is 79.9. The van der Waals surface area contributed by atoms with E-state index in [1.54, 1.807) is 6.92 Å². The molecule has 1 saturated carbocycles. The van der Waals surface area contributed by atoms with Crippen molar-refractivity contribution in [3.05, 3.63) is 34.4 Å². The fourth-order valence-electron chi connectivity index (χ4n) is 8.69. The molecule has 1 aromatic rings. The lowest BCUT2D eigenvalue weighted by Crippen LogP contribution is -2.67. The number of carbonyl (C=O) groups excluding carboxylic acids is 4. The number of ketones is 1. The van der Waals surface area contributed by atoms with Crippen molar-refractivity contribution < 1.29 is 42.9 Å². The van der Waals surface area contributed by atoms with Gasteiger partial charge in [-0.3, -0.25) is 19.2 Å². The van der Waals surface area contributed by atoms with E-state index < -0.39 is 58.1 Å². The molecular weight excluding hydrogens is 667 g/mol. The Balaban J connectivity index is 1.42. The van der Waals surface area contributed by atoms with Gasteiger partial charge in [-0.2, -0.15) is 0 Å². The third-order valence-electron chi connectivity index (χ3n) is 10.4. The van der Waals surface area contributed by atoms with Crippen LogP contribution < -0.4 is 0 Å². The van der Waals surface area contributed by atoms with Crippen LogP contribution in [0.1, 0.15) is 85.8 Å². The lowest BCUT2D eigenvalue weighted by Gasteiger charge is -2.56. The van der Waals surface area contributed by atoms with E-state index >= 15 is 0 Å². The van der Waals surface area contributed by atoms with Gasteiger partial charge in [-0.15, -0.1) is 23.2 Å². The molecule has 2 aliphatic carbocycles. The SMILES string of the molecule is CC(=O)O[C@H]([C@H]1C[C@@H](C)C(=O)O1)[C@@H](c1ccc2c(c1C)C(=O)[C@H]1[C@H]2C[C@H](Br)[C@@]23O[C@@H](CO[C@H]2OC(C)=O)C[C@]13C)C(Cl)Cl. The molecule has 2 bridgehead atoms. The van der Waals surface area contributed by atoms with E-state index in [9.17, 15) is 19.2 Å². The molecule has 6 rings (SSSR count). The Morgan fingerprint density at radius 3 is 2.47 bits per heavy atom. The van der Waals surface area contributed by atoms with E-state index in [1.165, 1.54) is 13.8 Å². The first-order valence-corrected chi connectivity index (χ1v) is 16.4. The fourth-order valence-corrected chi connectivity index (χ4v) is 10.5. The van der Waals surface area contributed by atoms with Crippen LogP contribution in [0.15, 0.2) is 12.1 Å². The Morgan fingerprint density at radius 2 is 1.86 bits per heavy atom. The summed E-state index contributed by atoms with van der Waals surface area (Å²) in [6.45, 7) is 8.55. The van der Waals surface area contributed by atoms with E-state index in [0.717, 1.165) is 5.56 Å². The zero-order valence-electron chi connectivity index (χ0n) is 24.6. The van der Waals surface area contributed by atoms with Gasteiger partial charge < -0.3 is 23.7 Å². The molecule has 0 aromatic heterocycles. The number of halogens is 3. The maximum Gasteiger partial charge on any atom is 0.309 e. The minimum atomic E-state index is -1.04. The van der Waals surface area contributed by atoms with Crippen LogP contribution in [0, 0.1) is 24.2 Å². The Morgan fingerprint density at radius 1 is 1.14 bits per heavy atom. The molecule has 0 radical (unpaired) electrons. The zero-order valence-corrected chi connectivity index (χ0v) is 27.7. The van der Waals surface area contributed by atoms with Crippen molar-refractivity contribution in [2.75, 3.05) is 6.61 Å². The highest BCUT2D eigenvalue weighted by Crippen LogP contribution is 2.68. The van der Waals surface area contributed by atoms with Crippen molar-refractivity contribution >= 4 is 62.8 Å². The molecule has 3 saturated heterocycles. The van der Waals surface area contributed by atoms with Crippen LogP contribution in [0.3, 0.4) is 0 Å². The number of benzene rings is 1. The lowest BCUT2D eigenvalue weighted by molar-refractivity contribution is -0.307. The van der Waals surface area contributed by atoms with E-state index in [2.05, 4.69) is 15.9 Å². The second-order valence-electron chi connectivity index (χ2n) is 12.9. The highest BCUT2D eigenvalue weighted by Gasteiger charge is 2.75. The summed E-state index contributed by atoms with van der Waals surface area (Å²) < 4.78 is 29.7. The van der Waals surface area contributed by atoms with Crippen molar-refractivity contribution in [3.8, 4) is 0 Å². The highest BCUT2D eigenvalue weighted by molar-refractivity contribution is 9.09. The Kier molecular flexibility index (Phi) is 7.98. The second kappa shape index (κ2) is 11.0. The van der Waals surface area contributed by atoms with Crippen LogP contribution >= 0.6 is 39.1 Å². The van der Waals surface area contributed by atoms with Gasteiger partial charge in [0.15, 0.2) is 5.78 Å². The smallest absolute Gasteiger partial charge is 0.309 e. The molecule has 3 aliphatic heterocycles. The first-order valence-electron chi connectivity index (χ1n) is 14.6.